The number of fused-ring (bicyclic) bond motifs is 5. The molecule has 0 atom stereocenters. The molecule has 5 rings (SSSR count). The van der Waals surface area contributed by atoms with Crippen LogP contribution in [0.5, 0.6) is 0 Å². The van der Waals surface area contributed by atoms with E-state index in [2.05, 4.69) is 85.0 Å². The van der Waals surface area contributed by atoms with E-state index < -0.39 is 0 Å². The van der Waals surface area contributed by atoms with Gasteiger partial charge in [0.25, 0.3) is 0 Å². The van der Waals surface area contributed by atoms with Crippen molar-refractivity contribution in [1.29, 1.82) is 0 Å². The Balaban J connectivity index is 1.82. The summed E-state index contributed by atoms with van der Waals surface area (Å²) >= 11 is 0. The largest absolute Gasteiger partial charge is 0.257 e. The molecule has 2 aromatic carbocycles. The van der Waals surface area contributed by atoms with E-state index in [0.29, 0.717) is 0 Å². The average molecular weight is 326 g/mol. The van der Waals surface area contributed by atoms with Crippen LogP contribution in [-0.2, 0) is 13.5 Å². The second-order valence-corrected chi connectivity index (χ2v) is 6.94. The highest BCUT2D eigenvalue weighted by Gasteiger charge is 2.27. The van der Waals surface area contributed by atoms with Gasteiger partial charge in [0, 0.05) is 29.3 Å². The summed E-state index contributed by atoms with van der Waals surface area (Å²) in [4.78, 5) is 4.76. The first-order chi connectivity index (χ1) is 12.1. The topological polar surface area (TPSA) is 21.7 Å². The van der Waals surface area contributed by atoms with E-state index in [1.807, 2.05) is 0 Å². The molecule has 0 fully saturated rings. The molecule has 0 unspecified atom stereocenters. The third kappa shape index (κ3) is 1.99. The molecule has 0 saturated heterocycles. The van der Waals surface area contributed by atoms with Crippen molar-refractivity contribution in [3.05, 3.63) is 77.2 Å². The lowest BCUT2D eigenvalue weighted by Crippen LogP contribution is -2.38. The number of aryl methyl sites for hydroxylation is 3. The molecule has 4 aromatic rings. The predicted octanol–water partition coefficient (Wildman–Crippen LogP) is 4.04. The molecule has 3 nitrogen and oxygen atoms in total. The van der Waals surface area contributed by atoms with E-state index in [-0.39, 0.29) is 0 Å². The summed E-state index contributed by atoms with van der Waals surface area (Å²) in [5.41, 5.74) is 10.0. The Bertz CT molecular complexity index is 1150. The van der Waals surface area contributed by atoms with E-state index >= 15 is 0 Å². The van der Waals surface area contributed by atoms with E-state index in [9.17, 15) is 0 Å². The number of pyridine rings is 1. The summed E-state index contributed by atoms with van der Waals surface area (Å²) in [6.45, 7) is 4.22. The Morgan fingerprint density at radius 2 is 1.84 bits per heavy atom. The molecule has 0 amide bonds. The van der Waals surface area contributed by atoms with Gasteiger partial charge in [0.15, 0.2) is 7.05 Å². The minimum atomic E-state index is 0.932. The number of hydrogen-bond donors (Lipinski definition) is 0. The number of nitrogens with zero attached hydrogens (tertiary/aromatic N) is 3. The maximum atomic E-state index is 4.76. The normalized spacial score (nSPS) is 12.4. The van der Waals surface area contributed by atoms with Crippen LogP contribution in [0.1, 0.15) is 22.5 Å². The number of aromatic nitrogens is 3. The minimum Gasteiger partial charge on any atom is -0.257 e. The highest BCUT2D eigenvalue weighted by Crippen LogP contribution is 2.40. The Morgan fingerprint density at radius 3 is 2.68 bits per heavy atom. The van der Waals surface area contributed by atoms with Crippen molar-refractivity contribution in [3.8, 4) is 16.8 Å². The highest BCUT2D eigenvalue weighted by atomic mass is 15.4. The van der Waals surface area contributed by atoms with Gasteiger partial charge >= 0.3 is 0 Å². The molecule has 2 aromatic heterocycles. The Labute approximate surface area is 147 Å². The zero-order chi connectivity index (χ0) is 17.1. The minimum absolute atomic E-state index is 0.932. The Hall–Kier alpha value is -2.94. The second kappa shape index (κ2) is 5.03. The standard InChI is InChI=1S/C22H20N3/c1-14-6-4-5-7-20(14)25-13-18-21(24(25)3)11-9-16-12-19-17(22(16)18)10-8-15(2)23-19/h4-11,13H,12H2,1-3H3/q+1. The van der Waals surface area contributed by atoms with Crippen molar-refractivity contribution >= 4 is 10.9 Å². The summed E-state index contributed by atoms with van der Waals surface area (Å²) in [5.74, 6) is 0. The van der Waals surface area contributed by atoms with Crippen molar-refractivity contribution in [2.24, 2.45) is 7.05 Å². The van der Waals surface area contributed by atoms with Crippen LogP contribution in [0.4, 0.5) is 0 Å². The molecular weight excluding hydrogens is 306 g/mol. The molecule has 0 spiro atoms. The first-order valence-corrected chi connectivity index (χ1v) is 8.69. The van der Waals surface area contributed by atoms with E-state index in [0.717, 1.165) is 12.1 Å². The van der Waals surface area contributed by atoms with Gasteiger partial charge in [0.05, 0.1) is 17.3 Å². The van der Waals surface area contributed by atoms with Crippen molar-refractivity contribution in [3.63, 3.8) is 0 Å². The van der Waals surface area contributed by atoms with E-state index in [4.69, 9.17) is 4.98 Å². The fourth-order valence-corrected chi connectivity index (χ4v) is 4.06. The summed E-state index contributed by atoms with van der Waals surface area (Å²) in [7, 11) is 2.13. The SMILES string of the molecule is Cc1ccc2c(n1)Cc1ccc3c(cn(-c4ccccc4C)[n+]3C)c1-2. The molecule has 1 aliphatic rings. The molecule has 3 heteroatoms. The second-order valence-electron chi connectivity index (χ2n) is 6.94. The smallest absolute Gasteiger partial charge is 0.239 e. The van der Waals surface area contributed by atoms with Crippen LogP contribution in [0.15, 0.2) is 54.7 Å². The van der Waals surface area contributed by atoms with Crippen LogP contribution >= 0.6 is 0 Å². The fraction of sp³-hybridized carbons (Fsp3) is 0.182. The summed E-state index contributed by atoms with van der Waals surface area (Å²) < 4.78 is 4.48. The zero-order valence-electron chi connectivity index (χ0n) is 14.7. The van der Waals surface area contributed by atoms with Gasteiger partial charge in [0.1, 0.15) is 5.69 Å². The number of rotatable bonds is 1. The molecule has 0 bridgehead atoms. The molecular formula is C22H20N3+. The number of para-hydroxylation sites is 1. The summed E-state index contributed by atoms with van der Waals surface area (Å²) in [5, 5.41) is 1.30. The average Bonchev–Trinajstić information content (AvgIpc) is 3.12. The quantitative estimate of drug-likeness (QED) is 0.426. The van der Waals surface area contributed by atoms with Gasteiger partial charge in [-0.15, -0.1) is 9.36 Å². The highest BCUT2D eigenvalue weighted by molar-refractivity contribution is 5.97. The van der Waals surface area contributed by atoms with Crippen molar-refractivity contribution < 1.29 is 4.68 Å². The Morgan fingerprint density at radius 1 is 1.00 bits per heavy atom. The maximum Gasteiger partial charge on any atom is 0.239 e. The Kier molecular flexibility index (Phi) is 2.90. The van der Waals surface area contributed by atoms with E-state index in [1.54, 1.807) is 0 Å². The van der Waals surface area contributed by atoms with Crippen LogP contribution in [0.2, 0.25) is 0 Å². The number of hydrogen-bond acceptors (Lipinski definition) is 1. The first-order valence-electron chi connectivity index (χ1n) is 8.69. The fourth-order valence-electron chi connectivity index (χ4n) is 4.06. The van der Waals surface area contributed by atoms with Gasteiger partial charge in [-0.2, -0.15) is 0 Å². The number of benzene rings is 2. The summed E-state index contributed by atoms with van der Waals surface area (Å²) in [6.07, 6.45) is 3.20. The van der Waals surface area contributed by atoms with Crippen LogP contribution in [0.25, 0.3) is 27.7 Å². The molecule has 0 N–H and O–H groups in total. The van der Waals surface area contributed by atoms with Crippen molar-refractivity contribution in [2.75, 3.05) is 0 Å². The first kappa shape index (κ1) is 14.4. The molecule has 25 heavy (non-hydrogen) atoms. The molecule has 0 saturated carbocycles. The van der Waals surface area contributed by atoms with Gasteiger partial charge in [0.2, 0.25) is 5.52 Å². The third-order valence-corrected chi connectivity index (χ3v) is 5.33. The molecule has 0 aliphatic heterocycles. The van der Waals surface area contributed by atoms with Gasteiger partial charge in [-0.25, -0.2) is 0 Å². The van der Waals surface area contributed by atoms with Gasteiger partial charge in [-0.1, -0.05) is 30.3 Å². The van der Waals surface area contributed by atoms with Crippen LogP contribution < -0.4 is 4.68 Å². The zero-order valence-corrected chi connectivity index (χ0v) is 14.7. The van der Waals surface area contributed by atoms with Crippen LogP contribution in [0.3, 0.4) is 0 Å². The molecule has 122 valence electrons. The monoisotopic (exact) mass is 326 g/mol. The van der Waals surface area contributed by atoms with Crippen LogP contribution in [-0.4, -0.2) is 9.67 Å². The summed E-state index contributed by atoms with van der Waals surface area (Å²) in [6, 6.07) is 17.4. The van der Waals surface area contributed by atoms with Crippen LogP contribution in [0, 0.1) is 13.8 Å². The lowest BCUT2D eigenvalue weighted by atomic mass is 10.0. The molecule has 1 aliphatic carbocycles. The molecule has 0 radical (unpaired) electrons. The van der Waals surface area contributed by atoms with Crippen molar-refractivity contribution in [1.82, 2.24) is 9.67 Å². The lowest BCUT2D eigenvalue weighted by Gasteiger charge is -2.03. The maximum absolute atomic E-state index is 4.76. The van der Waals surface area contributed by atoms with E-state index in [1.165, 1.54) is 44.5 Å². The van der Waals surface area contributed by atoms with Gasteiger partial charge in [-0.3, -0.25) is 4.98 Å². The lowest BCUT2D eigenvalue weighted by molar-refractivity contribution is -0.720. The predicted molar refractivity (Wildman–Crippen MR) is 100.0 cm³/mol. The van der Waals surface area contributed by atoms with Gasteiger partial charge < -0.3 is 0 Å². The van der Waals surface area contributed by atoms with Gasteiger partial charge in [-0.05, 0) is 37.1 Å². The third-order valence-electron chi connectivity index (χ3n) is 5.33. The molecule has 2 heterocycles. The van der Waals surface area contributed by atoms with Crippen molar-refractivity contribution in [2.45, 2.75) is 20.3 Å².